The third-order valence-corrected chi connectivity index (χ3v) is 8.00. The molecule has 0 unspecified atom stereocenters. The summed E-state index contributed by atoms with van der Waals surface area (Å²) in [4.78, 5) is 0. The molecule has 186 valence electrons. The molecule has 0 amide bonds. The summed E-state index contributed by atoms with van der Waals surface area (Å²) < 4.78 is 66.5. The summed E-state index contributed by atoms with van der Waals surface area (Å²) in [6.07, 6.45) is 16.0. The maximum Gasteiger partial charge on any atom is 0.422 e. The van der Waals surface area contributed by atoms with Crippen molar-refractivity contribution in [2.75, 3.05) is 0 Å². The highest BCUT2D eigenvalue weighted by Crippen LogP contribution is 2.45. The van der Waals surface area contributed by atoms with Gasteiger partial charge in [-0.2, -0.15) is 13.2 Å². The van der Waals surface area contributed by atoms with E-state index in [2.05, 4.69) is 19.1 Å². The van der Waals surface area contributed by atoms with Crippen molar-refractivity contribution < 1.29 is 22.0 Å². The third kappa shape index (κ3) is 7.55. The maximum atomic E-state index is 14.0. The molecule has 0 aromatic heterocycles. The van der Waals surface area contributed by atoms with E-state index in [-0.39, 0.29) is 5.92 Å². The lowest BCUT2D eigenvalue weighted by Crippen LogP contribution is -2.25. The number of benzene rings is 1. The van der Waals surface area contributed by atoms with Gasteiger partial charge in [-0.1, -0.05) is 51.2 Å². The number of allylic oxidation sites excluding steroid dienone is 2. The molecule has 0 aliphatic heterocycles. The van der Waals surface area contributed by atoms with Gasteiger partial charge in [0, 0.05) is 0 Å². The van der Waals surface area contributed by atoms with Crippen molar-refractivity contribution in [1.29, 1.82) is 0 Å². The van der Waals surface area contributed by atoms with Crippen molar-refractivity contribution in [3.05, 3.63) is 47.0 Å². The van der Waals surface area contributed by atoms with Crippen LogP contribution in [-0.4, -0.2) is 0 Å². The van der Waals surface area contributed by atoms with Gasteiger partial charge in [0.05, 0.1) is 0 Å². The van der Waals surface area contributed by atoms with E-state index < -0.39 is 23.4 Å². The molecule has 0 bridgehead atoms. The minimum absolute atomic E-state index is 0.0461. The Balaban J connectivity index is 1.40. The molecular formula is C28H39F5. The maximum absolute atomic E-state index is 14.0. The number of unbranched alkanes of at least 4 members (excludes halogenated alkanes) is 3. The van der Waals surface area contributed by atoms with Crippen LogP contribution in [0, 0.1) is 29.4 Å². The smallest absolute Gasteiger partial charge is 0.206 e. The average molecular weight is 471 g/mol. The Morgan fingerprint density at radius 1 is 0.788 bits per heavy atom. The summed E-state index contributed by atoms with van der Waals surface area (Å²) >= 11 is 0. The van der Waals surface area contributed by atoms with Gasteiger partial charge in [0.15, 0.2) is 0 Å². The van der Waals surface area contributed by atoms with Crippen LogP contribution in [-0.2, 0) is 6.18 Å². The molecule has 5 heteroatoms. The molecule has 0 heterocycles. The molecule has 0 saturated heterocycles. The van der Waals surface area contributed by atoms with E-state index in [4.69, 9.17) is 0 Å². The zero-order valence-electron chi connectivity index (χ0n) is 19.9. The van der Waals surface area contributed by atoms with E-state index in [0.717, 1.165) is 49.7 Å². The fourth-order valence-corrected chi connectivity index (χ4v) is 6.07. The molecule has 33 heavy (non-hydrogen) atoms. The summed E-state index contributed by atoms with van der Waals surface area (Å²) in [5.41, 5.74) is -1.39. The van der Waals surface area contributed by atoms with E-state index in [1.807, 2.05) is 0 Å². The van der Waals surface area contributed by atoms with E-state index in [9.17, 15) is 22.0 Å². The summed E-state index contributed by atoms with van der Waals surface area (Å²) in [7, 11) is 0. The lowest BCUT2D eigenvalue weighted by Gasteiger charge is -2.38. The molecule has 2 aliphatic carbocycles. The first-order valence-electron chi connectivity index (χ1n) is 13.0. The summed E-state index contributed by atoms with van der Waals surface area (Å²) in [5, 5.41) is 0. The second-order valence-corrected chi connectivity index (χ2v) is 10.3. The predicted octanol–water partition coefficient (Wildman–Crippen LogP) is 9.98. The van der Waals surface area contributed by atoms with Gasteiger partial charge >= 0.3 is 6.18 Å². The molecule has 0 N–H and O–H groups in total. The van der Waals surface area contributed by atoms with E-state index in [1.54, 1.807) is 0 Å². The number of halogens is 5. The Morgan fingerprint density at radius 3 is 1.88 bits per heavy atom. The van der Waals surface area contributed by atoms with Crippen molar-refractivity contribution in [3.63, 3.8) is 0 Å². The van der Waals surface area contributed by atoms with Gasteiger partial charge in [0.25, 0.3) is 0 Å². The molecule has 1 aromatic carbocycles. The van der Waals surface area contributed by atoms with Crippen LogP contribution < -0.4 is 0 Å². The molecule has 3 rings (SSSR count). The first-order chi connectivity index (χ1) is 15.8. The summed E-state index contributed by atoms with van der Waals surface area (Å²) in [6.45, 7) is 2.20. The van der Waals surface area contributed by atoms with Crippen LogP contribution in [0.15, 0.2) is 24.3 Å². The lowest BCUT2D eigenvalue weighted by atomic mass is 9.68. The van der Waals surface area contributed by atoms with Gasteiger partial charge < -0.3 is 0 Å². The molecule has 2 aliphatic rings. The second-order valence-electron chi connectivity index (χ2n) is 10.3. The van der Waals surface area contributed by atoms with Gasteiger partial charge in [-0.25, -0.2) is 8.78 Å². The third-order valence-electron chi connectivity index (χ3n) is 8.00. The first kappa shape index (κ1) is 26.2. The lowest BCUT2D eigenvalue weighted by molar-refractivity contribution is -0.142. The SMILES string of the molecule is CCCC=CCCCCC1CCC(C2CCC(c3cc(F)c(C(F)(F)F)c(F)c3)CC2)CC1. The number of hydrogen-bond donors (Lipinski definition) is 0. The first-order valence-corrected chi connectivity index (χ1v) is 13.0. The molecule has 0 atom stereocenters. The Kier molecular flexibility index (Phi) is 9.81. The topological polar surface area (TPSA) is 0 Å². The van der Waals surface area contributed by atoms with Gasteiger partial charge in [-0.3, -0.25) is 0 Å². The molecule has 0 nitrogen and oxygen atoms in total. The predicted molar refractivity (Wildman–Crippen MR) is 124 cm³/mol. The highest BCUT2D eigenvalue weighted by molar-refractivity contribution is 5.30. The minimum Gasteiger partial charge on any atom is -0.206 e. The van der Waals surface area contributed by atoms with Crippen LogP contribution >= 0.6 is 0 Å². The van der Waals surface area contributed by atoms with Crippen molar-refractivity contribution >= 4 is 0 Å². The minimum atomic E-state index is -5.01. The molecule has 0 spiro atoms. The largest absolute Gasteiger partial charge is 0.422 e. The molecule has 2 saturated carbocycles. The van der Waals surface area contributed by atoms with Crippen molar-refractivity contribution in [2.24, 2.45) is 17.8 Å². The Hall–Kier alpha value is -1.39. The molecular weight excluding hydrogens is 431 g/mol. The quantitative estimate of drug-likeness (QED) is 0.191. The van der Waals surface area contributed by atoms with Crippen LogP contribution in [0.1, 0.15) is 114 Å². The van der Waals surface area contributed by atoms with Crippen molar-refractivity contribution in [1.82, 2.24) is 0 Å². The Morgan fingerprint density at radius 2 is 1.33 bits per heavy atom. The standard InChI is InChI=1S/C28H39F5/c1-2-3-4-5-6-7-8-9-20-10-12-21(13-11-20)22-14-16-23(17-15-22)24-18-25(29)27(26(30)19-24)28(31,32)33/h4-5,18-23H,2-3,6-17H2,1H3. The van der Waals surface area contributed by atoms with Crippen LogP contribution in [0.3, 0.4) is 0 Å². The fraction of sp³-hybridized carbons (Fsp3) is 0.714. The van der Waals surface area contributed by atoms with E-state index in [0.29, 0.717) is 11.5 Å². The zero-order valence-corrected chi connectivity index (χ0v) is 19.9. The van der Waals surface area contributed by atoms with Gasteiger partial charge in [0.1, 0.15) is 17.2 Å². The Labute approximate surface area is 196 Å². The Bertz CT molecular complexity index is 727. The zero-order chi connectivity index (χ0) is 23.8. The molecule has 1 aromatic rings. The van der Waals surface area contributed by atoms with Crippen LogP contribution in [0.25, 0.3) is 0 Å². The average Bonchev–Trinajstić information content (AvgIpc) is 2.77. The van der Waals surface area contributed by atoms with E-state index in [1.165, 1.54) is 64.2 Å². The van der Waals surface area contributed by atoms with Gasteiger partial charge in [-0.05, 0) is 99.2 Å². The van der Waals surface area contributed by atoms with Crippen molar-refractivity contribution in [2.45, 2.75) is 109 Å². The number of alkyl halides is 3. The molecule has 0 radical (unpaired) electrons. The summed E-state index contributed by atoms with van der Waals surface area (Å²) in [5.74, 6) is -0.786. The molecule has 2 fully saturated rings. The van der Waals surface area contributed by atoms with Crippen LogP contribution in [0.5, 0.6) is 0 Å². The van der Waals surface area contributed by atoms with Crippen LogP contribution in [0.2, 0.25) is 0 Å². The second kappa shape index (κ2) is 12.4. The monoisotopic (exact) mass is 470 g/mol. The normalized spacial score (nSPS) is 26.7. The van der Waals surface area contributed by atoms with Gasteiger partial charge in [0.2, 0.25) is 0 Å². The summed E-state index contributed by atoms with van der Waals surface area (Å²) in [6, 6.07) is 1.81. The van der Waals surface area contributed by atoms with Gasteiger partial charge in [-0.15, -0.1) is 0 Å². The van der Waals surface area contributed by atoms with Crippen LogP contribution in [0.4, 0.5) is 22.0 Å². The van der Waals surface area contributed by atoms with Crippen molar-refractivity contribution in [3.8, 4) is 0 Å². The van der Waals surface area contributed by atoms with E-state index >= 15 is 0 Å². The number of rotatable bonds is 9. The fourth-order valence-electron chi connectivity index (χ4n) is 6.07. The number of hydrogen-bond acceptors (Lipinski definition) is 0. The highest BCUT2D eigenvalue weighted by atomic mass is 19.4. The highest BCUT2D eigenvalue weighted by Gasteiger charge is 2.39.